The fourth-order valence-corrected chi connectivity index (χ4v) is 2.89. The monoisotopic (exact) mass is 404 g/mol. The molecule has 1 aromatic heterocycles. The van der Waals surface area contributed by atoms with Gasteiger partial charge < -0.3 is 11.1 Å². The van der Waals surface area contributed by atoms with Crippen LogP contribution in [0.3, 0.4) is 0 Å². The summed E-state index contributed by atoms with van der Waals surface area (Å²) in [5, 5.41) is 2.89. The molecule has 7 heteroatoms. The van der Waals surface area contributed by atoms with Crippen molar-refractivity contribution >= 4 is 11.5 Å². The summed E-state index contributed by atoms with van der Waals surface area (Å²) in [6.45, 7) is 4.00. The van der Waals surface area contributed by atoms with E-state index in [0.29, 0.717) is 5.82 Å². The van der Waals surface area contributed by atoms with Crippen LogP contribution in [-0.2, 0) is 6.54 Å². The summed E-state index contributed by atoms with van der Waals surface area (Å²) < 4.78 is 15.2. The molecule has 30 heavy (non-hydrogen) atoms. The lowest BCUT2D eigenvalue weighted by atomic mass is 10.1. The number of hydrogen-bond acceptors (Lipinski definition) is 5. The van der Waals surface area contributed by atoms with Crippen LogP contribution in [0.4, 0.5) is 10.1 Å². The van der Waals surface area contributed by atoms with E-state index in [1.165, 1.54) is 29.0 Å². The first-order valence-electron chi connectivity index (χ1n) is 9.26. The summed E-state index contributed by atoms with van der Waals surface area (Å²) >= 11 is 0. The van der Waals surface area contributed by atoms with Crippen molar-refractivity contribution in [2.45, 2.75) is 6.54 Å². The lowest BCUT2D eigenvalue weighted by molar-refractivity contribution is 0.104. The van der Waals surface area contributed by atoms with Gasteiger partial charge in [-0.2, -0.15) is 0 Å². The lowest BCUT2D eigenvalue weighted by Gasteiger charge is -2.13. The lowest BCUT2D eigenvalue weighted by Crippen LogP contribution is -2.27. The van der Waals surface area contributed by atoms with Gasteiger partial charge in [0, 0.05) is 23.9 Å². The Bertz CT molecular complexity index is 1150. The van der Waals surface area contributed by atoms with E-state index in [-0.39, 0.29) is 35.6 Å². The van der Waals surface area contributed by atoms with Crippen molar-refractivity contribution in [1.29, 1.82) is 0 Å². The highest BCUT2D eigenvalue weighted by molar-refractivity contribution is 6.05. The standard InChI is InChI=1S/C23H21FN4O2/c1-2-12-28-22(16-8-4-3-5-9-16)27-15-20(23(28)30)26-14-17(25)13-21(29)18-10-6-7-11-19(18)24/h2-11,13,15,26H,1,12,14,25H2/b17-13-. The highest BCUT2D eigenvalue weighted by Crippen LogP contribution is 2.16. The van der Waals surface area contributed by atoms with Crippen LogP contribution >= 0.6 is 0 Å². The summed E-state index contributed by atoms with van der Waals surface area (Å²) in [5.74, 6) is -0.647. The number of carbonyl (C=O) groups is 1. The Kier molecular flexibility index (Phi) is 6.54. The topological polar surface area (TPSA) is 90.0 Å². The number of halogens is 1. The number of ketones is 1. The summed E-state index contributed by atoms with van der Waals surface area (Å²) in [7, 11) is 0. The van der Waals surface area contributed by atoms with E-state index in [4.69, 9.17) is 5.73 Å². The van der Waals surface area contributed by atoms with Gasteiger partial charge in [0.1, 0.15) is 17.3 Å². The molecule has 0 amide bonds. The van der Waals surface area contributed by atoms with Crippen LogP contribution in [0, 0.1) is 5.82 Å². The van der Waals surface area contributed by atoms with Crippen molar-refractivity contribution in [1.82, 2.24) is 9.55 Å². The summed E-state index contributed by atoms with van der Waals surface area (Å²) in [6, 6.07) is 15.0. The molecule has 0 saturated heterocycles. The number of hydrogen-bond donors (Lipinski definition) is 2. The summed E-state index contributed by atoms with van der Waals surface area (Å²) in [5.41, 5.74) is 6.72. The van der Waals surface area contributed by atoms with Gasteiger partial charge in [0.25, 0.3) is 5.56 Å². The zero-order valence-electron chi connectivity index (χ0n) is 16.2. The fraction of sp³-hybridized carbons (Fsp3) is 0.0870. The molecule has 0 bridgehead atoms. The van der Waals surface area contributed by atoms with Gasteiger partial charge in [0.05, 0.1) is 18.3 Å². The number of benzene rings is 2. The number of aromatic nitrogens is 2. The molecule has 3 aromatic rings. The van der Waals surface area contributed by atoms with Crippen molar-refractivity contribution in [2.24, 2.45) is 5.73 Å². The molecule has 6 nitrogen and oxygen atoms in total. The van der Waals surface area contributed by atoms with Gasteiger partial charge in [-0.25, -0.2) is 9.37 Å². The first-order chi connectivity index (χ1) is 14.5. The van der Waals surface area contributed by atoms with Crippen LogP contribution in [0.25, 0.3) is 11.4 Å². The van der Waals surface area contributed by atoms with Crippen molar-refractivity contribution < 1.29 is 9.18 Å². The van der Waals surface area contributed by atoms with Crippen LogP contribution in [-0.4, -0.2) is 21.9 Å². The van der Waals surface area contributed by atoms with Crippen LogP contribution in [0.5, 0.6) is 0 Å². The maximum absolute atomic E-state index is 13.7. The molecular formula is C23H21FN4O2. The Hall–Kier alpha value is -4.00. The predicted octanol–water partition coefficient (Wildman–Crippen LogP) is 3.37. The molecule has 2 aromatic carbocycles. The molecule has 0 atom stereocenters. The minimum Gasteiger partial charge on any atom is -0.400 e. The Morgan fingerprint density at radius 3 is 2.57 bits per heavy atom. The first-order valence-corrected chi connectivity index (χ1v) is 9.26. The van der Waals surface area contributed by atoms with E-state index in [1.807, 2.05) is 30.3 Å². The number of allylic oxidation sites excluding steroid dienone is 2. The zero-order chi connectivity index (χ0) is 21.5. The van der Waals surface area contributed by atoms with Crippen LogP contribution in [0.15, 0.2) is 90.0 Å². The van der Waals surface area contributed by atoms with E-state index < -0.39 is 11.6 Å². The Balaban J connectivity index is 1.81. The SMILES string of the molecule is C=CCn1c(-c2ccccc2)ncc(NC/C(N)=C/C(=O)c2ccccc2F)c1=O. The van der Waals surface area contributed by atoms with E-state index in [2.05, 4.69) is 16.9 Å². The van der Waals surface area contributed by atoms with Crippen molar-refractivity contribution in [3.8, 4) is 11.4 Å². The van der Waals surface area contributed by atoms with E-state index >= 15 is 0 Å². The highest BCUT2D eigenvalue weighted by Gasteiger charge is 2.12. The van der Waals surface area contributed by atoms with Gasteiger partial charge in [-0.15, -0.1) is 6.58 Å². The molecule has 0 radical (unpaired) electrons. The summed E-state index contributed by atoms with van der Waals surface area (Å²) in [4.78, 5) is 29.5. The quantitative estimate of drug-likeness (QED) is 0.341. The number of rotatable bonds is 8. The zero-order valence-corrected chi connectivity index (χ0v) is 16.2. The van der Waals surface area contributed by atoms with Gasteiger partial charge in [0.15, 0.2) is 5.78 Å². The molecular weight excluding hydrogens is 383 g/mol. The van der Waals surface area contributed by atoms with Crippen molar-refractivity contribution in [3.05, 3.63) is 107 Å². The third-order valence-electron chi connectivity index (χ3n) is 4.33. The predicted molar refractivity (Wildman–Crippen MR) is 116 cm³/mol. The highest BCUT2D eigenvalue weighted by atomic mass is 19.1. The molecule has 3 N–H and O–H groups in total. The molecule has 0 spiro atoms. The Labute approximate surface area is 173 Å². The van der Waals surface area contributed by atoms with E-state index in [9.17, 15) is 14.0 Å². The van der Waals surface area contributed by atoms with Gasteiger partial charge in [-0.05, 0) is 12.1 Å². The number of carbonyl (C=O) groups excluding carboxylic acids is 1. The number of nitrogens with zero attached hydrogens (tertiary/aromatic N) is 2. The third kappa shape index (κ3) is 4.70. The summed E-state index contributed by atoms with van der Waals surface area (Å²) in [6.07, 6.45) is 4.18. The Morgan fingerprint density at radius 2 is 1.87 bits per heavy atom. The maximum atomic E-state index is 13.7. The van der Waals surface area contributed by atoms with Gasteiger partial charge >= 0.3 is 0 Å². The Morgan fingerprint density at radius 1 is 1.17 bits per heavy atom. The molecule has 3 rings (SSSR count). The van der Waals surface area contributed by atoms with Gasteiger partial charge in [-0.1, -0.05) is 48.5 Å². The van der Waals surface area contributed by atoms with Crippen molar-refractivity contribution in [3.63, 3.8) is 0 Å². The largest absolute Gasteiger partial charge is 0.400 e. The molecule has 0 aliphatic heterocycles. The number of nitrogens with two attached hydrogens (primary N) is 1. The van der Waals surface area contributed by atoms with Crippen molar-refractivity contribution in [2.75, 3.05) is 11.9 Å². The van der Waals surface area contributed by atoms with E-state index in [0.717, 1.165) is 11.6 Å². The van der Waals surface area contributed by atoms with Gasteiger partial charge in [-0.3, -0.25) is 14.2 Å². The maximum Gasteiger partial charge on any atom is 0.277 e. The van der Waals surface area contributed by atoms with Crippen LogP contribution in [0.2, 0.25) is 0 Å². The average Bonchev–Trinajstić information content (AvgIpc) is 2.75. The molecule has 152 valence electrons. The average molecular weight is 404 g/mol. The second-order valence-electron chi connectivity index (χ2n) is 6.48. The minimum atomic E-state index is -0.618. The smallest absolute Gasteiger partial charge is 0.277 e. The fourth-order valence-electron chi connectivity index (χ4n) is 2.89. The molecule has 0 unspecified atom stereocenters. The number of nitrogens with one attached hydrogen (secondary N) is 1. The van der Waals surface area contributed by atoms with Crippen LogP contribution < -0.4 is 16.6 Å². The molecule has 0 aliphatic rings. The first kappa shape index (κ1) is 20.7. The second-order valence-corrected chi connectivity index (χ2v) is 6.48. The van der Waals surface area contributed by atoms with Crippen LogP contribution in [0.1, 0.15) is 10.4 Å². The van der Waals surface area contributed by atoms with E-state index in [1.54, 1.807) is 12.1 Å². The normalized spacial score (nSPS) is 11.2. The molecule has 0 saturated carbocycles. The minimum absolute atomic E-state index is 0.0237. The number of anilines is 1. The van der Waals surface area contributed by atoms with Gasteiger partial charge in [0.2, 0.25) is 0 Å². The molecule has 0 fully saturated rings. The molecule has 1 heterocycles. The molecule has 0 aliphatic carbocycles. The second kappa shape index (κ2) is 9.47. The third-order valence-corrected chi connectivity index (χ3v) is 4.33.